The van der Waals surface area contributed by atoms with Crippen LogP contribution in [0.1, 0.15) is 18.4 Å². The first-order chi connectivity index (χ1) is 12.5. The molecule has 26 heavy (non-hydrogen) atoms. The minimum atomic E-state index is -1.04. The summed E-state index contributed by atoms with van der Waals surface area (Å²) in [7, 11) is 0. The third kappa shape index (κ3) is 3.16. The average molecular weight is 405 g/mol. The summed E-state index contributed by atoms with van der Waals surface area (Å²) in [6, 6.07) is 15.2. The van der Waals surface area contributed by atoms with Crippen molar-refractivity contribution in [2.75, 3.05) is 5.75 Å². The largest absolute Gasteiger partial charge is 0.382 e. The third-order valence-corrected chi connectivity index (χ3v) is 6.75. The maximum atomic E-state index is 11.9. The molecule has 1 atom stereocenters. The molecule has 0 spiro atoms. The van der Waals surface area contributed by atoms with Crippen LogP contribution in [-0.4, -0.2) is 20.4 Å². The van der Waals surface area contributed by atoms with Crippen LogP contribution in [0, 0.1) is 0 Å². The lowest BCUT2D eigenvalue weighted by Crippen LogP contribution is -2.45. The zero-order valence-electron chi connectivity index (χ0n) is 14.0. The number of hydrogen-bond donors (Lipinski definition) is 1. The third-order valence-electron chi connectivity index (χ3n) is 5.08. The fourth-order valence-corrected chi connectivity index (χ4v) is 4.84. The Morgan fingerprint density at radius 2 is 1.65 bits per heavy atom. The van der Waals surface area contributed by atoms with Gasteiger partial charge in [-0.3, -0.25) is 0 Å². The molecule has 3 nitrogen and oxygen atoms in total. The highest BCUT2D eigenvalue weighted by atomic mass is 35.5. The fourth-order valence-electron chi connectivity index (χ4n) is 3.45. The van der Waals surface area contributed by atoms with Gasteiger partial charge in [-0.05, 0) is 54.8 Å². The van der Waals surface area contributed by atoms with E-state index in [9.17, 15) is 5.11 Å². The molecule has 0 amide bonds. The van der Waals surface area contributed by atoms with E-state index in [2.05, 4.69) is 4.98 Å². The number of benzene rings is 2. The van der Waals surface area contributed by atoms with E-state index < -0.39 is 5.60 Å². The summed E-state index contributed by atoms with van der Waals surface area (Å²) in [5.41, 5.74) is -0.547. The van der Waals surface area contributed by atoms with Crippen molar-refractivity contribution in [3.05, 3.63) is 82.9 Å². The molecule has 134 valence electrons. The van der Waals surface area contributed by atoms with Gasteiger partial charge in [0.15, 0.2) is 0 Å². The van der Waals surface area contributed by atoms with E-state index in [0.717, 1.165) is 23.3 Å². The van der Waals surface area contributed by atoms with Crippen LogP contribution in [0.15, 0.2) is 72.1 Å². The lowest BCUT2D eigenvalue weighted by atomic mass is 9.85. The van der Waals surface area contributed by atoms with Crippen LogP contribution in [-0.2, 0) is 11.1 Å². The second-order valence-corrected chi connectivity index (χ2v) is 8.53. The molecule has 1 heterocycles. The number of aliphatic hydroxyl groups is 1. The fraction of sp³-hybridized carbons (Fsp3) is 0.250. The molecule has 1 unspecified atom stereocenters. The Morgan fingerprint density at radius 1 is 1.04 bits per heavy atom. The van der Waals surface area contributed by atoms with E-state index in [1.54, 1.807) is 24.3 Å². The van der Waals surface area contributed by atoms with Crippen LogP contribution in [0.2, 0.25) is 10.0 Å². The number of aromatic nitrogens is 2. The minimum Gasteiger partial charge on any atom is -0.382 e. The van der Waals surface area contributed by atoms with Gasteiger partial charge in [-0.1, -0.05) is 35.3 Å². The normalized spacial score (nSPS) is 17.7. The summed E-state index contributed by atoms with van der Waals surface area (Å²) in [6.45, 7) is 0. The Hall–Kier alpha value is -1.46. The summed E-state index contributed by atoms with van der Waals surface area (Å²) in [6.07, 6.45) is 7.30. The Bertz CT molecular complexity index is 877. The molecular weight excluding hydrogens is 387 g/mol. The highest BCUT2D eigenvalue weighted by Crippen LogP contribution is 2.57. The first kappa shape index (κ1) is 17.9. The SMILES string of the molecule is OC(CSc1ccc(Cl)cc1)(c1ccc(Cl)cc1)C1(n2ccnc2)CC1. The van der Waals surface area contributed by atoms with Gasteiger partial charge in [0.05, 0.1) is 11.9 Å². The highest BCUT2D eigenvalue weighted by Gasteiger charge is 2.60. The number of hydrogen-bond acceptors (Lipinski definition) is 3. The quantitative estimate of drug-likeness (QED) is 0.561. The smallest absolute Gasteiger partial charge is 0.122 e. The van der Waals surface area contributed by atoms with Gasteiger partial charge in [-0.15, -0.1) is 11.8 Å². The van der Waals surface area contributed by atoms with E-state index in [1.807, 2.05) is 59.3 Å². The molecule has 0 radical (unpaired) electrons. The molecule has 1 saturated carbocycles. The van der Waals surface area contributed by atoms with Gasteiger partial charge in [-0.25, -0.2) is 4.98 Å². The number of nitrogens with zero attached hydrogens (tertiary/aromatic N) is 2. The molecule has 1 fully saturated rings. The molecule has 6 heteroatoms. The highest BCUT2D eigenvalue weighted by molar-refractivity contribution is 7.99. The van der Waals surface area contributed by atoms with Crippen molar-refractivity contribution >= 4 is 35.0 Å². The van der Waals surface area contributed by atoms with Crippen molar-refractivity contribution in [1.29, 1.82) is 0 Å². The molecule has 0 bridgehead atoms. The van der Waals surface area contributed by atoms with Crippen LogP contribution < -0.4 is 0 Å². The van der Waals surface area contributed by atoms with Crippen molar-refractivity contribution in [1.82, 2.24) is 9.55 Å². The van der Waals surface area contributed by atoms with Crippen LogP contribution in [0.5, 0.6) is 0 Å². The minimum absolute atomic E-state index is 0.378. The second-order valence-electron chi connectivity index (χ2n) is 6.61. The zero-order valence-corrected chi connectivity index (χ0v) is 16.3. The van der Waals surface area contributed by atoms with Crippen molar-refractivity contribution in [2.45, 2.75) is 28.9 Å². The van der Waals surface area contributed by atoms with Gasteiger partial charge in [-0.2, -0.15) is 0 Å². The maximum absolute atomic E-state index is 11.9. The summed E-state index contributed by atoms with van der Waals surface area (Å²) < 4.78 is 2.05. The molecule has 3 aromatic rings. The number of thioether (sulfide) groups is 1. The van der Waals surface area contributed by atoms with E-state index >= 15 is 0 Å². The van der Waals surface area contributed by atoms with Crippen LogP contribution in [0.3, 0.4) is 0 Å². The van der Waals surface area contributed by atoms with Gasteiger partial charge in [0.1, 0.15) is 5.60 Å². The van der Waals surface area contributed by atoms with Gasteiger partial charge in [0.25, 0.3) is 0 Å². The van der Waals surface area contributed by atoms with Gasteiger partial charge in [0.2, 0.25) is 0 Å². The maximum Gasteiger partial charge on any atom is 0.122 e. The molecule has 1 aliphatic rings. The number of halogens is 2. The molecule has 1 aromatic heterocycles. The van der Waals surface area contributed by atoms with Crippen LogP contribution in [0.4, 0.5) is 0 Å². The van der Waals surface area contributed by atoms with E-state index in [-0.39, 0.29) is 5.54 Å². The lowest BCUT2D eigenvalue weighted by molar-refractivity contribution is -0.00995. The molecule has 1 N–H and O–H groups in total. The standard InChI is InChI=1S/C20H18Cl2N2OS/c21-16-3-1-15(2-4-16)20(25,13-26-18-7-5-17(22)6-8-18)19(9-10-19)24-12-11-23-14-24/h1-8,11-12,14,25H,9-10,13H2. The number of rotatable bonds is 6. The Balaban J connectivity index is 1.70. The van der Waals surface area contributed by atoms with Crippen molar-refractivity contribution in [3.8, 4) is 0 Å². The molecule has 2 aromatic carbocycles. The van der Waals surface area contributed by atoms with Crippen molar-refractivity contribution < 1.29 is 5.11 Å². The zero-order chi connectivity index (χ0) is 18.2. The molecular formula is C20H18Cl2N2OS. The Morgan fingerprint density at radius 3 is 2.19 bits per heavy atom. The lowest BCUT2D eigenvalue weighted by Gasteiger charge is -2.38. The molecule has 4 rings (SSSR count). The predicted octanol–water partition coefficient (Wildman–Crippen LogP) is 5.36. The average Bonchev–Trinajstić information content (AvgIpc) is 3.29. The van der Waals surface area contributed by atoms with E-state index in [4.69, 9.17) is 23.2 Å². The second kappa shape index (κ2) is 6.93. The summed E-state index contributed by atoms with van der Waals surface area (Å²) in [4.78, 5) is 5.26. The topological polar surface area (TPSA) is 38.0 Å². The summed E-state index contributed by atoms with van der Waals surface area (Å²) in [5, 5.41) is 13.3. The van der Waals surface area contributed by atoms with Crippen molar-refractivity contribution in [2.24, 2.45) is 0 Å². The number of imidazole rings is 1. The van der Waals surface area contributed by atoms with Crippen LogP contribution in [0.25, 0.3) is 0 Å². The molecule has 0 aliphatic heterocycles. The Labute approximate surface area is 167 Å². The summed E-state index contributed by atoms with van der Waals surface area (Å²) in [5.74, 6) is 0.522. The van der Waals surface area contributed by atoms with Gasteiger partial charge < -0.3 is 9.67 Å². The van der Waals surface area contributed by atoms with Gasteiger partial charge >= 0.3 is 0 Å². The molecule has 1 aliphatic carbocycles. The summed E-state index contributed by atoms with van der Waals surface area (Å²) >= 11 is 13.7. The van der Waals surface area contributed by atoms with Crippen LogP contribution >= 0.6 is 35.0 Å². The van der Waals surface area contributed by atoms with Gasteiger partial charge in [0, 0.05) is 33.1 Å². The van der Waals surface area contributed by atoms with E-state index in [1.165, 1.54) is 0 Å². The first-order valence-electron chi connectivity index (χ1n) is 8.39. The Kier molecular flexibility index (Phi) is 4.78. The monoisotopic (exact) mass is 404 g/mol. The molecule has 0 saturated heterocycles. The predicted molar refractivity (Wildman–Crippen MR) is 107 cm³/mol. The van der Waals surface area contributed by atoms with E-state index in [0.29, 0.717) is 15.8 Å². The van der Waals surface area contributed by atoms with Crippen molar-refractivity contribution in [3.63, 3.8) is 0 Å². The first-order valence-corrected chi connectivity index (χ1v) is 10.1.